The Morgan fingerprint density at radius 2 is 1.57 bits per heavy atom. The highest BCUT2D eigenvalue weighted by Gasteiger charge is 2.67. The van der Waals surface area contributed by atoms with Crippen molar-refractivity contribution in [3.63, 3.8) is 0 Å². The highest BCUT2D eigenvalue weighted by atomic mass is 35.5. The molecule has 37 heavy (non-hydrogen) atoms. The van der Waals surface area contributed by atoms with E-state index in [1.165, 1.54) is 0 Å². The van der Waals surface area contributed by atoms with Crippen molar-refractivity contribution >= 4 is 40.0 Å². The van der Waals surface area contributed by atoms with E-state index in [4.69, 9.17) is 11.6 Å². The van der Waals surface area contributed by atoms with Crippen LogP contribution in [0.15, 0.2) is 72.8 Å². The molecule has 4 aromatic rings. The lowest BCUT2D eigenvalue weighted by molar-refractivity contribution is 0.0652. The number of H-pyrrole nitrogens is 1. The van der Waals surface area contributed by atoms with Gasteiger partial charge in [0.05, 0.1) is 17.0 Å². The summed E-state index contributed by atoms with van der Waals surface area (Å²) in [5.41, 5.74) is 1.22. The van der Waals surface area contributed by atoms with Gasteiger partial charge in [0.25, 0.3) is 0 Å². The van der Waals surface area contributed by atoms with Gasteiger partial charge < -0.3 is 4.98 Å². The van der Waals surface area contributed by atoms with Crippen molar-refractivity contribution in [2.75, 3.05) is 0 Å². The number of imidazole rings is 1. The number of nitrogens with zero attached hydrogens (tertiary/aromatic N) is 1. The highest BCUT2D eigenvalue weighted by molar-refractivity contribution is 6.35. The van der Waals surface area contributed by atoms with Crippen LogP contribution < -0.4 is 5.32 Å². The summed E-state index contributed by atoms with van der Waals surface area (Å²) in [5.74, 6) is -2.09. The van der Waals surface area contributed by atoms with Crippen molar-refractivity contribution in [1.29, 1.82) is 0 Å². The number of fused-ring (bicyclic) bond motifs is 2. The molecular weight excluding hydrogens is 486 g/mol. The van der Waals surface area contributed by atoms with Crippen LogP contribution in [0.25, 0.3) is 11.0 Å². The molecule has 1 aromatic heterocycles. The van der Waals surface area contributed by atoms with Gasteiger partial charge in [-0.25, -0.2) is 4.98 Å². The van der Waals surface area contributed by atoms with Gasteiger partial charge >= 0.3 is 0 Å². The number of ketones is 3. The van der Waals surface area contributed by atoms with Gasteiger partial charge in [-0.2, -0.15) is 0 Å². The number of hydrogen-bond acceptors (Lipinski definition) is 5. The molecule has 2 N–H and O–H groups in total. The number of carbonyl (C=O) groups is 3. The van der Waals surface area contributed by atoms with Gasteiger partial charge in [-0.1, -0.05) is 74.0 Å². The third-order valence-corrected chi connectivity index (χ3v) is 7.94. The van der Waals surface area contributed by atoms with E-state index in [1.807, 2.05) is 36.4 Å². The first-order chi connectivity index (χ1) is 17.8. The molecule has 7 heteroatoms. The molecule has 1 aliphatic heterocycles. The second-order valence-corrected chi connectivity index (χ2v) is 10.9. The number of Topliss-reactive ketones (excluding diaryl/α,β-unsaturated/α-hetero) is 3. The topological polar surface area (TPSA) is 91.9 Å². The normalized spacial score (nSPS) is 22.3. The van der Waals surface area contributed by atoms with Gasteiger partial charge in [0.1, 0.15) is 0 Å². The number of aromatic nitrogens is 2. The molecule has 1 saturated heterocycles. The molecule has 0 bridgehead atoms. The molecule has 3 atom stereocenters. The number of nitrogens with one attached hydrogen (secondary N) is 2. The Bertz CT molecular complexity index is 1490. The fourth-order valence-electron chi connectivity index (χ4n) is 6.19. The van der Waals surface area contributed by atoms with E-state index in [-0.39, 0.29) is 35.1 Å². The lowest BCUT2D eigenvalue weighted by Crippen LogP contribution is -2.58. The van der Waals surface area contributed by atoms with E-state index in [1.54, 1.807) is 36.4 Å². The molecule has 2 aliphatic rings. The average molecular weight is 512 g/mol. The third kappa shape index (κ3) is 3.58. The summed E-state index contributed by atoms with van der Waals surface area (Å²) in [6.45, 7) is 4.18. The zero-order valence-electron chi connectivity index (χ0n) is 20.5. The monoisotopic (exact) mass is 511 g/mol. The molecule has 1 spiro atoms. The minimum atomic E-state index is -1.70. The van der Waals surface area contributed by atoms with Crippen molar-refractivity contribution < 1.29 is 14.4 Å². The predicted molar refractivity (Wildman–Crippen MR) is 142 cm³/mol. The molecule has 6 rings (SSSR count). The first kappa shape index (κ1) is 23.8. The lowest BCUT2D eigenvalue weighted by Gasteiger charge is -2.29. The van der Waals surface area contributed by atoms with Crippen LogP contribution in [0.2, 0.25) is 5.02 Å². The number of aromatic amines is 1. The minimum absolute atomic E-state index is 0.146. The van der Waals surface area contributed by atoms with Crippen molar-refractivity contribution in [1.82, 2.24) is 15.3 Å². The minimum Gasteiger partial charge on any atom is -0.335 e. The number of carbonyl (C=O) groups excluding carboxylic acids is 3. The maximum absolute atomic E-state index is 14.4. The SMILES string of the molecule is CC(C)CC1NC2(C(=O)c3ccccc3C2=O)C(C(=O)c2nc3ccccc3[nH]2)C1c1ccc(Cl)cc1. The van der Waals surface area contributed by atoms with Crippen molar-refractivity contribution in [3.8, 4) is 0 Å². The number of para-hydroxylation sites is 2. The molecule has 0 amide bonds. The van der Waals surface area contributed by atoms with Gasteiger partial charge in [0, 0.05) is 28.1 Å². The Labute approximate surface area is 219 Å². The molecular formula is C30H26ClN3O3. The molecule has 0 radical (unpaired) electrons. The smallest absolute Gasteiger partial charge is 0.204 e. The number of halogens is 1. The molecule has 2 heterocycles. The Kier molecular flexibility index (Phi) is 5.62. The number of benzene rings is 3. The van der Waals surface area contributed by atoms with Crippen LogP contribution in [0.4, 0.5) is 0 Å². The van der Waals surface area contributed by atoms with Crippen LogP contribution in [-0.2, 0) is 0 Å². The van der Waals surface area contributed by atoms with Crippen molar-refractivity contribution in [2.24, 2.45) is 11.8 Å². The Hall–Kier alpha value is -3.61. The van der Waals surface area contributed by atoms with Crippen LogP contribution in [0.5, 0.6) is 0 Å². The summed E-state index contributed by atoms with van der Waals surface area (Å²) >= 11 is 6.20. The fraction of sp³-hybridized carbons (Fsp3) is 0.267. The predicted octanol–water partition coefficient (Wildman–Crippen LogP) is 5.63. The summed E-state index contributed by atoms with van der Waals surface area (Å²) < 4.78 is 0. The van der Waals surface area contributed by atoms with Crippen LogP contribution in [0, 0.1) is 11.8 Å². The van der Waals surface area contributed by atoms with E-state index in [2.05, 4.69) is 29.1 Å². The molecule has 3 aromatic carbocycles. The van der Waals surface area contributed by atoms with Gasteiger partial charge in [-0.15, -0.1) is 0 Å². The summed E-state index contributed by atoms with van der Waals surface area (Å²) in [6, 6.07) is 21.3. The Balaban J connectivity index is 1.57. The Morgan fingerprint density at radius 1 is 0.946 bits per heavy atom. The summed E-state index contributed by atoms with van der Waals surface area (Å²) in [7, 11) is 0. The van der Waals surface area contributed by atoms with Gasteiger partial charge in [0.15, 0.2) is 22.9 Å². The summed E-state index contributed by atoms with van der Waals surface area (Å²) in [6.07, 6.45) is 0.676. The fourth-order valence-corrected chi connectivity index (χ4v) is 6.32. The van der Waals surface area contributed by atoms with E-state index in [0.29, 0.717) is 28.1 Å². The first-order valence-corrected chi connectivity index (χ1v) is 12.9. The zero-order valence-corrected chi connectivity index (χ0v) is 21.3. The van der Waals surface area contributed by atoms with E-state index < -0.39 is 17.4 Å². The van der Waals surface area contributed by atoms with Crippen LogP contribution in [0.3, 0.4) is 0 Å². The van der Waals surface area contributed by atoms with Gasteiger partial charge in [-0.05, 0) is 42.2 Å². The summed E-state index contributed by atoms with van der Waals surface area (Å²) in [5, 5.41) is 4.02. The Morgan fingerprint density at radius 3 is 2.19 bits per heavy atom. The second kappa shape index (κ2) is 8.75. The molecule has 0 saturated carbocycles. The summed E-state index contributed by atoms with van der Waals surface area (Å²) in [4.78, 5) is 50.4. The molecule has 186 valence electrons. The number of rotatable bonds is 5. The zero-order chi connectivity index (χ0) is 25.9. The molecule has 6 nitrogen and oxygen atoms in total. The molecule has 1 aliphatic carbocycles. The average Bonchev–Trinajstić information content (AvgIpc) is 3.53. The molecule has 1 fully saturated rings. The maximum atomic E-state index is 14.4. The highest BCUT2D eigenvalue weighted by Crippen LogP contribution is 2.51. The van der Waals surface area contributed by atoms with E-state index >= 15 is 0 Å². The van der Waals surface area contributed by atoms with Crippen LogP contribution >= 0.6 is 11.6 Å². The van der Waals surface area contributed by atoms with Crippen LogP contribution in [0.1, 0.15) is 63.1 Å². The van der Waals surface area contributed by atoms with Gasteiger partial charge in [0.2, 0.25) is 5.78 Å². The van der Waals surface area contributed by atoms with Crippen molar-refractivity contribution in [3.05, 3.63) is 100 Å². The van der Waals surface area contributed by atoms with Crippen molar-refractivity contribution in [2.45, 2.75) is 37.8 Å². The number of hydrogen-bond donors (Lipinski definition) is 2. The maximum Gasteiger partial charge on any atom is 0.204 e. The van der Waals surface area contributed by atoms with Gasteiger partial charge in [-0.3, -0.25) is 19.7 Å². The quantitative estimate of drug-likeness (QED) is 0.267. The first-order valence-electron chi connectivity index (χ1n) is 12.5. The molecule has 3 unspecified atom stereocenters. The largest absolute Gasteiger partial charge is 0.335 e. The van der Waals surface area contributed by atoms with E-state index in [9.17, 15) is 14.4 Å². The third-order valence-electron chi connectivity index (χ3n) is 7.69. The van der Waals surface area contributed by atoms with E-state index in [0.717, 1.165) is 11.1 Å². The lowest BCUT2D eigenvalue weighted by atomic mass is 9.70. The standard InChI is InChI=1S/C30H26ClN3O3/c1-16(2)15-23-24(17-11-13-18(31)14-12-17)25(26(35)29-32-21-9-5-6-10-22(21)33-29)30(34-23)27(36)19-7-3-4-8-20(19)28(30)37/h3-14,16,23-25,34H,15H2,1-2H3,(H,32,33). The van der Waals surface area contributed by atoms with Crippen LogP contribution in [-0.4, -0.2) is 38.9 Å². The second-order valence-electron chi connectivity index (χ2n) is 10.4.